The lowest BCUT2D eigenvalue weighted by Gasteiger charge is -2.24. The van der Waals surface area contributed by atoms with E-state index in [0.717, 1.165) is 51.4 Å². The number of nitrogens with zero attached hydrogens (tertiary/aromatic N) is 2. The number of hydrogen-bond acceptors (Lipinski definition) is 5. The minimum atomic E-state index is -0.828. The summed E-state index contributed by atoms with van der Waals surface area (Å²) in [6.07, 6.45) is 5.24. The number of urea groups is 1. The number of carbonyl (C=O) groups excluding carboxylic acids is 3. The van der Waals surface area contributed by atoms with E-state index in [0.29, 0.717) is 18.5 Å². The largest absolute Gasteiger partial charge is 0.325 e. The Morgan fingerprint density at radius 2 is 1.82 bits per heavy atom. The topological polar surface area (TPSA) is 91.4 Å². The summed E-state index contributed by atoms with van der Waals surface area (Å²) < 4.78 is 1.14. The van der Waals surface area contributed by atoms with Crippen molar-refractivity contribution in [2.45, 2.75) is 51.0 Å². The molecule has 0 radical (unpaired) electrons. The summed E-state index contributed by atoms with van der Waals surface area (Å²) in [5, 5.41) is 6.58. The van der Waals surface area contributed by atoms with Crippen LogP contribution < -0.4 is 10.6 Å². The summed E-state index contributed by atoms with van der Waals surface area (Å²) in [6, 6.07) is 13.2. The summed E-state index contributed by atoms with van der Waals surface area (Å²) >= 11 is 1.63. The van der Waals surface area contributed by atoms with Gasteiger partial charge < -0.3 is 10.6 Å². The molecule has 2 aromatic carbocycles. The molecule has 2 fully saturated rings. The van der Waals surface area contributed by atoms with Crippen molar-refractivity contribution >= 4 is 45.1 Å². The van der Waals surface area contributed by atoms with Crippen LogP contribution in [0.3, 0.4) is 0 Å². The zero-order chi connectivity index (χ0) is 23.0. The van der Waals surface area contributed by atoms with E-state index in [1.165, 1.54) is 5.56 Å². The third-order valence-electron chi connectivity index (χ3n) is 6.46. The van der Waals surface area contributed by atoms with Gasteiger partial charge in [0, 0.05) is 11.3 Å². The molecule has 3 aromatic rings. The number of thiazole rings is 1. The van der Waals surface area contributed by atoms with Gasteiger partial charge in [-0.2, -0.15) is 0 Å². The highest BCUT2D eigenvalue weighted by Crippen LogP contribution is 2.33. The predicted molar refractivity (Wildman–Crippen MR) is 129 cm³/mol. The van der Waals surface area contributed by atoms with Gasteiger partial charge in [0.05, 0.1) is 10.2 Å². The minimum absolute atomic E-state index is 0.272. The Labute approximate surface area is 196 Å². The molecule has 0 atom stereocenters. The van der Waals surface area contributed by atoms with Gasteiger partial charge in [0.1, 0.15) is 17.1 Å². The molecule has 1 aromatic heterocycles. The lowest BCUT2D eigenvalue weighted by atomic mass is 9.90. The number of imide groups is 1. The Balaban J connectivity index is 1.24. The van der Waals surface area contributed by atoms with Gasteiger partial charge >= 0.3 is 6.03 Å². The first-order chi connectivity index (χ1) is 15.9. The first-order valence-electron chi connectivity index (χ1n) is 11.4. The molecule has 33 heavy (non-hydrogen) atoms. The Bertz CT molecular complexity index is 1230. The summed E-state index contributed by atoms with van der Waals surface area (Å²) in [6.45, 7) is 1.78. The molecule has 1 saturated heterocycles. The van der Waals surface area contributed by atoms with Crippen molar-refractivity contribution in [1.29, 1.82) is 0 Å². The smallest absolute Gasteiger partial charge is 0.325 e. The van der Waals surface area contributed by atoms with Crippen LogP contribution >= 0.6 is 11.3 Å². The van der Waals surface area contributed by atoms with Crippen LogP contribution in [0, 0.1) is 6.92 Å². The first-order valence-corrected chi connectivity index (χ1v) is 12.2. The van der Waals surface area contributed by atoms with E-state index in [9.17, 15) is 14.4 Å². The fraction of sp³-hybridized carbons (Fsp3) is 0.360. The molecular weight excluding hydrogens is 436 g/mol. The highest BCUT2D eigenvalue weighted by atomic mass is 32.1. The Hall–Kier alpha value is -3.26. The molecule has 1 spiro atoms. The standard InChI is InChI=1S/C25H26N4O3S/c1-16-6-11-19-20(14-16)33-22(27-19)17-7-9-18(10-8-17)26-21(30)15-29-23(31)25(28-24(29)32)12-4-2-3-5-13-25/h6-11,14H,2-5,12-13,15H2,1H3,(H,26,30)(H,28,32). The number of anilines is 1. The van der Waals surface area contributed by atoms with Crippen LogP contribution in [0.5, 0.6) is 0 Å². The van der Waals surface area contributed by atoms with E-state index in [4.69, 9.17) is 4.98 Å². The molecule has 2 N–H and O–H groups in total. The Morgan fingerprint density at radius 1 is 1.09 bits per heavy atom. The molecule has 5 rings (SSSR count). The monoisotopic (exact) mass is 462 g/mol. The molecule has 8 heteroatoms. The van der Waals surface area contributed by atoms with E-state index in [2.05, 4.69) is 23.6 Å². The minimum Gasteiger partial charge on any atom is -0.325 e. The zero-order valence-electron chi connectivity index (χ0n) is 18.5. The van der Waals surface area contributed by atoms with Gasteiger partial charge in [-0.1, -0.05) is 31.7 Å². The van der Waals surface area contributed by atoms with Crippen molar-refractivity contribution in [2.24, 2.45) is 0 Å². The number of amides is 4. The highest BCUT2D eigenvalue weighted by Gasteiger charge is 2.51. The predicted octanol–water partition coefficient (Wildman–Crippen LogP) is 4.86. The third kappa shape index (κ3) is 4.23. The van der Waals surface area contributed by atoms with E-state index in [1.54, 1.807) is 11.3 Å². The average Bonchev–Trinajstić information content (AvgIpc) is 3.19. The van der Waals surface area contributed by atoms with Gasteiger partial charge in [0.25, 0.3) is 5.91 Å². The second-order valence-corrected chi connectivity index (χ2v) is 9.96. The van der Waals surface area contributed by atoms with Gasteiger partial charge in [-0.05, 0) is 61.7 Å². The quantitative estimate of drug-likeness (QED) is 0.542. The van der Waals surface area contributed by atoms with Crippen molar-refractivity contribution in [1.82, 2.24) is 15.2 Å². The van der Waals surface area contributed by atoms with Crippen LogP contribution in [0.1, 0.15) is 44.1 Å². The van der Waals surface area contributed by atoms with Crippen molar-refractivity contribution in [3.63, 3.8) is 0 Å². The van der Waals surface area contributed by atoms with Gasteiger partial charge in [-0.25, -0.2) is 9.78 Å². The number of carbonyl (C=O) groups is 3. The van der Waals surface area contributed by atoms with Gasteiger partial charge in [0.2, 0.25) is 5.91 Å². The summed E-state index contributed by atoms with van der Waals surface area (Å²) in [7, 11) is 0. The average molecular weight is 463 g/mol. The maximum atomic E-state index is 13.0. The Kier molecular flexibility index (Phi) is 5.62. The molecule has 2 aliphatic rings. The molecule has 1 saturated carbocycles. The number of rotatable bonds is 4. The molecule has 0 bridgehead atoms. The number of aromatic nitrogens is 1. The summed E-state index contributed by atoms with van der Waals surface area (Å²) in [5.41, 5.74) is 2.92. The lowest BCUT2D eigenvalue weighted by molar-refractivity contribution is -0.134. The number of nitrogens with one attached hydrogen (secondary N) is 2. The molecule has 4 amide bonds. The second kappa shape index (κ2) is 8.59. The normalized spacial score (nSPS) is 17.9. The molecule has 1 aliphatic heterocycles. The second-order valence-electron chi connectivity index (χ2n) is 8.93. The van der Waals surface area contributed by atoms with Crippen molar-refractivity contribution in [3.8, 4) is 10.6 Å². The number of benzene rings is 2. The highest BCUT2D eigenvalue weighted by molar-refractivity contribution is 7.21. The van der Waals surface area contributed by atoms with E-state index < -0.39 is 17.5 Å². The van der Waals surface area contributed by atoms with Crippen LogP contribution in [0.2, 0.25) is 0 Å². The first kappa shape index (κ1) is 21.6. The molecular formula is C25H26N4O3S. The fourth-order valence-corrected chi connectivity index (χ4v) is 5.76. The van der Waals surface area contributed by atoms with E-state index in [-0.39, 0.29) is 12.5 Å². The number of hydrogen-bond donors (Lipinski definition) is 2. The van der Waals surface area contributed by atoms with Crippen molar-refractivity contribution in [3.05, 3.63) is 48.0 Å². The van der Waals surface area contributed by atoms with E-state index >= 15 is 0 Å². The van der Waals surface area contributed by atoms with Crippen LogP contribution in [-0.2, 0) is 9.59 Å². The maximum Gasteiger partial charge on any atom is 0.325 e. The number of fused-ring (bicyclic) bond motifs is 1. The molecule has 0 unspecified atom stereocenters. The van der Waals surface area contributed by atoms with E-state index in [1.807, 2.05) is 36.4 Å². The van der Waals surface area contributed by atoms with Gasteiger partial charge in [-0.3, -0.25) is 14.5 Å². The molecule has 1 aliphatic carbocycles. The van der Waals surface area contributed by atoms with Crippen LogP contribution in [0.15, 0.2) is 42.5 Å². The SMILES string of the molecule is Cc1ccc2nc(-c3ccc(NC(=O)CN4C(=O)NC5(CCCCCC5)C4=O)cc3)sc2c1. The van der Waals surface area contributed by atoms with Crippen molar-refractivity contribution < 1.29 is 14.4 Å². The molecule has 7 nitrogen and oxygen atoms in total. The van der Waals surface area contributed by atoms with Crippen LogP contribution in [0.4, 0.5) is 10.5 Å². The van der Waals surface area contributed by atoms with Crippen molar-refractivity contribution in [2.75, 3.05) is 11.9 Å². The van der Waals surface area contributed by atoms with Gasteiger partial charge in [-0.15, -0.1) is 11.3 Å². The zero-order valence-corrected chi connectivity index (χ0v) is 19.3. The summed E-state index contributed by atoms with van der Waals surface area (Å²) in [5.74, 6) is -0.668. The Morgan fingerprint density at radius 3 is 2.55 bits per heavy atom. The number of aryl methyl sites for hydroxylation is 1. The third-order valence-corrected chi connectivity index (χ3v) is 7.53. The van der Waals surface area contributed by atoms with Crippen LogP contribution in [0.25, 0.3) is 20.8 Å². The lowest BCUT2D eigenvalue weighted by Crippen LogP contribution is -2.47. The summed E-state index contributed by atoms with van der Waals surface area (Å²) in [4.78, 5) is 43.8. The fourth-order valence-electron chi connectivity index (χ4n) is 4.69. The molecule has 2 heterocycles. The molecule has 170 valence electrons. The van der Waals surface area contributed by atoms with Gasteiger partial charge in [0.15, 0.2) is 0 Å². The van der Waals surface area contributed by atoms with Crippen LogP contribution in [-0.4, -0.2) is 39.8 Å². The maximum absolute atomic E-state index is 13.0.